The van der Waals surface area contributed by atoms with Crippen molar-refractivity contribution in [3.63, 3.8) is 0 Å². The van der Waals surface area contributed by atoms with E-state index in [0.29, 0.717) is 17.0 Å². The molecule has 2 aromatic heterocycles. The van der Waals surface area contributed by atoms with E-state index >= 15 is 0 Å². The second-order valence-corrected chi connectivity index (χ2v) is 7.87. The van der Waals surface area contributed by atoms with Crippen LogP contribution in [0, 0.1) is 18.7 Å². The zero-order chi connectivity index (χ0) is 19.0. The highest BCUT2D eigenvalue weighted by atomic mass is 32.1. The van der Waals surface area contributed by atoms with Crippen LogP contribution in [-0.2, 0) is 11.3 Å². The number of carbonyl (C=O) groups excluding carboxylic acids is 2. The van der Waals surface area contributed by atoms with E-state index in [4.69, 9.17) is 5.73 Å². The van der Waals surface area contributed by atoms with E-state index < -0.39 is 17.8 Å². The van der Waals surface area contributed by atoms with Crippen molar-refractivity contribution in [1.29, 1.82) is 0 Å². The van der Waals surface area contributed by atoms with Crippen LogP contribution >= 0.6 is 11.3 Å². The monoisotopic (exact) mass is 377 g/mol. The number of aromatic nitrogens is 2. The lowest BCUT2D eigenvalue weighted by atomic mass is 10.0. The molecule has 0 saturated carbocycles. The number of fused-ring (bicyclic) bond motifs is 1. The van der Waals surface area contributed by atoms with Crippen molar-refractivity contribution in [1.82, 2.24) is 15.3 Å². The lowest BCUT2D eigenvalue weighted by Crippen LogP contribution is -2.37. The lowest BCUT2D eigenvalue weighted by molar-refractivity contribution is -0.119. The van der Waals surface area contributed by atoms with E-state index in [1.54, 1.807) is 6.20 Å². The maximum Gasteiger partial charge on any atom is 0.254 e. The van der Waals surface area contributed by atoms with Crippen molar-refractivity contribution < 1.29 is 14.0 Å². The number of primary amides is 1. The van der Waals surface area contributed by atoms with Gasteiger partial charge >= 0.3 is 0 Å². The minimum atomic E-state index is -0.754. The Morgan fingerprint density at radius 3 is 2.81 bits per heavy atom. The molecule has 138 valence electrons. The van der Waals surface area contributed by atoms with Crippen LogP contribution in [0.2, 0.25) is 0 Å². The Hall–Kier alpha value is -2.55. The van der Waals surface area contributed by atoms with Crippen LogP contribution in [0.5, 0.6) is 0 Å². The first kappa shape index (κ1) is 18.2. The van der Waals surface area contributed by atoms with Crippen molar-refractivity contribution in [2.75, 3.05) is 5.32 Å². The number of nitrogens with two attached hydrogens (primary N) is 1. The van der Waals surface area contributed by atoms with Gasteiger partial charge in [0.05, 0.1) is 21.1 Å². The Balaban J connectivity index is 2.09. The Morgan fingerprint density at radius 1 is 1.50 bits per heavy atom. The van der Waals surface area contributed by atoms with Crippen LogP contribution in [0.15, 0.2) is 6.20 Å². The van der Waals surface area contributed by atoms with Gasteiger partial charge in [-0.15, -0.1) is 11.3 Å². The summed E-state index contributed by atoms with van der Waals surface area (Å²) in [6.45, 7) is 5.80. The topological polar surface area (TPSA) is 110 Å². The van der Waals surface area contributed by atoms with Crippen molar-refractivity contribution in [3.8, 4) is 10.6 Å². The van der Waals surface area contributed by atoms with E-state index in [1.165, 1.54) is 11.3 Å². The number of aryl methyl sites for hydroxylation is 1. The number of pyridine rings is 1. The predicted molar refractivity (Wildman–Crippen MR) is 97.3 cm³/mol. The standard InChI is InChI=1S/C17H20FN5O2S/c1-7(2)4-10(15(19)24)22-16-13(18)9-5-21-17(25)12(9)14(23-16)11-6-20-8(3)26-11/h6-7,10H,4-5H2,1-3H3,(H2,19,24)(H,21,25)(H,22,23)/t10-/m1/s1. The second kappa shape index (κ2) is 6.99. The first-order valence-electron chi connectivity index (χ1n) is 8.27. The molecule has 1 atom stereocenters. The number of thiazole rings is 1. The summed E-state index contributed by atoms with van der Waals surface area (Å²) in [5.41, 5.74) is 6.26. The quantitative estimate of drug-likeness (QED) is 0.715. The maximum absolute atomic E-state index is 14.9. The van der Waals surface area contributed by atoms with Gasteiger partial charge < -0.3 is 16.4 Å². The minimum absolute atomic E-state index is 0.0768. The summed E-state index contributed by atoms with van der Waals surface area (Å²) in [4.78, 5) is 33.1. The van der Waals surface area contributed by atoms with Crippen molar-refractivity contribution in [2.24, 2.45) is 11.7 Å². The van der Waals surface area contributed by atoms with E-state index in [2.05, 4.69) is 20.6 Å². The molecule has 4 N–H and O–H groups in total. The largest absolute Gasteiger partial charge is 0.368 e. The molecular formula is C17H20FN5O2S. The van der Waals surface area contributed by atoms with E-state index in [1.807, 2.05) is 20.8 Å². The van der Waals surface area contributed by atoms with Crippen molar-refractivity contribution in [3.05, 3.63) is 28.1 Å². The highest BCUT2D eigenvalue weighted by molar-refractivity contribution is 7.15. The highest BCUT2D eigenvalue weighted by Gasteiger charge is 2.32. The molecule has 9 heteroatoms. The molecule has 7 nitrogen and oxygen atoms in total. The van der Waals surface area contributed by atoms with Gasteiger partial charge in [0.2, 0.25) is 5.91 Å². The third-order valence-electron chi connectivity index (χ3n) is 4.10. The summed E-state index contributed by atoms with van der Waals surface area (Å²) < 4.78 is 14.9. The van der Waals surface area contributed by atoms with Crippen LogP contribution < -0.4 is 16.4 Å². The summed E-state index contributed by atoms with van der Waals surface area (Å²) in [5.74, 6) is -1.48. The smallest absolute Gasteiger partial charge is 0.254 e. The molecule has 2 aromatic rings. The van der Waals surface area contributed by atoms with Crippen LogP contribution in [0.3, 0.4) is 0 Å². The van der Waals surface area contributed by atoms with Gasteiger partial charge in [0.25, 0.3) is 5.91 Å². The maximum atomic E-state index is 14.9. The molecule has 0 fully saturated rings. The molecule has 1 aliphatic rings. The first-order valence-corrected chi connectivity index (χ1v) is 9.08. The molecule has 1 aliphatic heterocycles. The summed E-state index contributed by atoms with van der Waals surface area (Å²) in [6.07, 6.45) is 2.05. The van der Waals surface area contributed by atoms with Gasteiger partial charge in [0.15, 0.2) is 11.6 Å². The average Bonchev–Trinajstić information content (AvgIpc) is 3.15. The molecule has 0 bridgehead atoms. The van der Waals surface area contributed by atoms with Gasteiger partial charge in [-0.2, -0.15) is 0 Å². The first-order chi connectivity index (χ1) is 12.3. The molecule has 0 unspecified atom stereocenters. The Bertz CT molecular complexity index is 880. The van der Waals surface area contributed by atoms with E-state index in [0.717, 1.165) is 5.01 Å². The number of carbonyl (C=O) groups is 2. The number of rotatable bonds is 6. The second-order valence-electron chi connectivity index (χ2n) is 6.63. The summed E-state index contributed by atoms with van der Waals surface area (Å²) in [5, 5.41) is 6.26. The molecule has 26 heavy (non-hydrogen) atoms. The Labute approximate surface area is 154 Å². The van der Waals surface area contributed by atoms with E-state index in [-0.39, 0.29) is 35.3 Å². The highest BCUT2D eigenvalue weighted by Crippen LogP contribution is 2.35. The summed E-state index contributed by atoms with van der Waals surface area (Å²) >= 11 is 1.36. The third kappa shape index (κ3) is 3.39. The molecular weight excluding hydrogens is 357 g/mol. The van der Waals surface area contributed by atoms with Crippen LogP contribution in [0.25, 0.3) is 10.6 Å². The fourth-order valence-electron chi connectivity index (χ4n) is 2.91. The molecule has 0 spiro atoms. The lowest BCUT2D eigenvalue weighted by Gasteiger charge is -2.19. The van der Waals surface area contributed by atoms with Crippen molar-refractivity contribution in [2.45, 2.75) is 39.8 Å². The SMILES string of the molecule is Cc1ncc(-c2nc(N[C@H](CC(C)C)C(N)=O)c(F)c3c2C(=O)NC3)s1. The zero-order valence-electron chi connectivity index (χ0n) is 14.7. The number of halogens is 1. The number of nitrogens with zero attached hydrogens (tertiary/aromatic N) is 2. The number of anilines is 1. The molecule has 0 aromatic carbocycles. The number of hydrogen-bond donors (Lipinski definition) is 3. The van der Waals surface area contributed by atoms with Gasteiger partial charge in [-0.3, -0.25) is 9.59 Å². The fraction of sp³-hybridized carbons (Fsp3) is 0.412. The van der Waals surface area contributed by atoms with Gasteiger partial charge in [-0.25, -0.2) is 14.4 Å². The van der Waals surface area contributed by atoms with Gasteiger partial charge in [-0.1, -0.05) is 13.8 Å². The number of hydrogen-bond acceptors (Lipinski definition) is 6. The average molecular weight is 377 g/mol. The summed E-state index contributed by atoms with van der Waals surface area (Å²) in [6, 6.07) is -0.754. The molecule has 2 amide bonds. The van der Waals surface area contributed by atoms with Crippen molar-refractivity contribution >= 4 is 29.0 Å². The Kier molecular flexibility index (Phi) is 4.90. The van der Waals surface area contributed by atoms with Crippen LogP contribution in [-0.4, -0.2) is 27.8 Å². The molecule has 3 heterocycles. The van der Waals surface area contributed by atoms with Gasteiger partial charge in [0, 0.05) is 18.3 Å². The fourth-order valence-corrected chi connectivity index (χ4v) is 3.68. The van der Waals surface area contributed by atoms with Crippen LogP contribution in [0.1, 0.15) is 41.2 Å². The zero-order valence-corrected chi connectivity index (χ0v) is 15.5. The van der Waals surface area contributed by atoms with E-state index in [9.17, 15) is 14.0 Å². The molecule has 0 radical (unpaired) electrons. The molecule has 3 rings (SSSR count). The number of nitrogens with one attached hydrogen (secondary N) is 2. The summed E-state index contributed by atoms with van der Waals surface area (Å²) in [7, 11) is 0. The molecule has 0 aliphatic carbocycles. The predicted octanol–water partition coefficient (Wildman–Crippen LogP) is 2.21. The van der Waals surface area contributed by atoms with Crippen LogP contribution in [0.4, 0.5) is 10.2 Å². The minimum Gasteiger partial charge on any atom is -0.368 e. The Morgan fingerprint density at radius 2 is 2.23 bits per heavy atom. The normalized spacial score (nSPS) is 14.3. The third-order valence-corrected chi connectivity index (χ3v) is 5.02. The number of amides is 2. The molecule has 0 saturated heterocycles. The van der Waals surface area contributed by atoms with Gasteiger partial charge in [-0.05, 0) is 19.3 Å². The van der Waals surface area contributed by atoms with Gasteiger partial charge in [0.1, 0.15) is 6.04 Å².